The van der Waals surface area contributed by atoms with Crippen LogP contribution in [0.15, 0.2) is 36.4 Å². The quantitative estimate of drug-likeness (QED) is 0.896. The highest BCUT2D eigenvalue weighted by molar-refractivity contribution is 5.78. The summed E-state index contributed by atoms with van der Waals surface area (Å²) in [7, 11) is 0. The van der Waals surface area contributed by atoms with Crippen LogP contribution in [0.3, 0.4) is 0 Å². The molecule has 1 aromatic carbocycles. The van der Waals surface area contributed by atoms with E-state index in [4.69, 9.17) is 5.73 Å². The van der Waals surface area contributed by atoms with E-state index in [0.717, 1.165) is 25.8 Å². The molecule has 1 heterocycles. The maximum atomic E-state index is 12.1. The number of carbonyl (C=O) groups excluding carboxylic acids is 1. The summed E-state index contributed by atoms with van der Waals surface area (Å²) in [6, 6.07) is 10.4. The molecule has 1 atom stereocenters. The van der Waals surface area contributed by atoms with Gasteiger partial charge in [-0.15, -0.1) is 0 Å². The Hall–Kier alpha value is -1.61. The average Bonchev–Trinajstić information content (AvgIpc) is 2.48. The van der Waals surface area contributed by atoms with E-state index in [9.17, 15) is 4.79 Å². The van der Waals surface area contributed by atoms with Crippen molar-refractivity contribution in [1.82, 2.24) is 4.90 Å². The lowest BCUT2D eigenvalue weighted by molar-refractivity contribution is -0.131. The summed E-state index contributed by atoms with van der Waals surface area (Å²) in [5.41, 5.74) is 8.55. The van der Waals surface area contributed by atoms with Crippen molar-refractivity contribution in [3.05, 3.63) is 42.0 Å². The summed E-state index contributed by atoms with van der Waals surface area (Å²) in [6.45, 7) is 3.61. The second kappa shape index (κ2) is 7.25. The van der Waals surface area contributed by atoms with E-state index in [1.165, 1.54) is 11.1 Å². The standard InChI is InChI=1S/C17H24N2O/c1-2-6-16(18)13-17(20)19-11-9-15(10-12-19)14-7-4-3-5-8-14/h3-5,7-9,16H,2,6,10-13,18H2,1H3. The molecular weight excluding hydrogens is 248 g/mol. The summed E-state index contributed by atoms with van der Waals surface area (Å²) in [6.07, 6.45) is 5.53. The van der Waals surface area contributed by atoms with Crippen molar-refractivity contribution in [1.29, 1.82) is 0 Å². The normalized spacial score (nSPS) is 16.7. The Bertz CT molecular complexity index is 467. The fraction of sp³-hybridized carbons (Fsp3) is 0.471. The maximum Gasteiger partial charge on any atom is 0.224 e. The van der Waals surface area contributed by atoms with Gasteiger partial charge in [0.1, 0.15) is 0 Å². The molecule has 1 aliphatic rings. The molecule has 2 N–H and O–H groups in total. The van der Waals surface area contributed by atoms with Crippen molar-refractivity contribution in [3.8, 4) is 0 Å². The van der Waals surface area contributed by atoms with Crippen LogP contribution in [0, 0.1) is 0 Å². The average molecular weight is 272 g/mol. The van der Waals surface area contributed by atoms with Gasteiger partial charge in [0.2, 0.25) is 5.91 Å². The lowest BCUT2D eigenvalue weighted by atomic mass is 9.99. The zero-order valence-corrected chi connectivity index (χ0v) is 12.2. The van der Waals surface area contributed by atoms with Gasteiger partial charge < -0.3 is 10.6 Å². The van der Waals surface area contributed by atoms with Crippen LogP contribution in [0.5, 0.6) is 0 Å². The fourth-order valence-corrected chi connectivity index (χ4v) is 2.64. The number of carbonyl (C=O) groups is 1. The summed E-state index contributed by atoms with van der Waals surface area (Å²) >= 11 is 0. The third-order valence-electron chi connectivity index (χ3n) is 3.80. The molecule has 0 aromatic heterocycles. The van der Waals surface area contributed by atoms with Crippen LogP contribution in [0.25, 0.3) is 5.57 Å². The van der Waals surface area contributed by atoms with Crippen LogP contribution >= 0.6 is 0 Å². The van der Waals surface area contributed by atoms with E-state index in [0.29, 0.717) is 13.0 Å². The first-order chi connectivity index (χ1) is 9.70. The minimum Gasteiger partial charge on any atom is -0.339 e. The number of hydrogen-bond donors (Lipinski definition) is 1. The Morgan fingerprint density at radius 1 is 1.35 bits per heavy atom. The van der Waals surface area contributed by atoms with E-state index in [-0.39, 0.29) is 11.9 Å². The highest BCUT2D eigenvalue weighted by atomic mass is 16.2. The third kappa shape index (κ3) is 3.94. The van der Waals surface area contributed by atoms with Gasteiger partial charge in [0, 0.05) is 25.6 Å². The van der Waals surface area contributed by atoms with Crippen LogP contribution in [-0.2, 0) is 4.79 Å². The van der Waals surface area contributed by atoms with E-state index in [1.54, 1.807) is 0 Å². The van der Waals surface area contributed by atoms with Crippen LogP contribution in [0.4, 0.5) is 0 Å². The Morgan fingerprint density at radius 2 is 2.10 bits per heavy atom. The van der Waals surface area contributed by atoms with Gasteiger partial charge in [-0.05, 0) is 24.0 Å². The van der Waals surface area contributed by atoms with Gasteiger partial charge in [0.05, 0.1) is 0 Å². The Morgan fingerprint density at radius 3 is 2.70 bits per heavy atom. The SMILES string of the molecule is CCCC(N)CC(=O)N1CC=C(c2ccccc2)CC1. The van der Waals surface area contributed by atoms with Gasteiger partial charge in [-0.3, -0.25) is 4.79 Å². The molecule has 0 spiro atoms. The molecule has 0 saturated carbocycles. The largest absolute Gasteiger partial charge is 0.339 e. The smallest absolute Gasteiger partial charge is 0.224 e. The lowest BCUT2D eigenvalue weighted by Gasteiger charge is -2.27. The fourth-order valence-electron chi connectivity index (χ4n) is 2.64. The molecule has 108 valence electrons. The predicted molar refractivity (Wildman–Crippen MR) is 83.1 cm³/mol. The van der Waals surface area contributed by atoms with E-state index in [1.807, 2.05) is 11.0 Å². The van der Waals surface area contributed by atoms with Crippen molar-refractivity contribution in [2.75, 3.05) is 13.1 Å². The van der Waals surface area contributed by atoms with Crippen LogP contribution < -0.4 is 5.73 Å². The minimum atomic E-state index is 0.00648. The molecule has 20 heavy (non-hydrogen) atoms. The Labute approximate surface area is 121 Å². The van der Waals surface area contributed by atoms with Gasteiger partial charge in [-0.25, -0.2) is 0 Å². The first kappa shape index (κ1) is 14.8. The molecule has 0 saturated heterocycles. The number of nitrogens with two attached hydrogens (primary N) is 1. The highest BCUT2D eigenvalue weighted by Crippen LogP contribution is 2.22. The molecule has 0 fully saturated rings. The number of hydrogen-bond acceptors (Lipinski definition) is 2. The van der Waals surface area contributed by atoms with Gasteiger partial charge >= 0.3 is 0 Å². The van der Waals surface area contributed by atoms with Gasteiger partial charge in [0.25, 0.3) is 0 Å². The second-order valence-electron chi connectivity index (χ2n) is 5.44. The van der Waals surface area contributed by atoms with Crippen LogP contribution in [0.1, 0.15) is 38.2 Å². The van der Waals surface area contributed by atoms with E-state index in [2.05, 4.69) is 37.3 Å². The van der Waals surface area contributed by atoms with Crippen molar-refractivity contribution in [3.63, 3.8) is 0 Å². The summed E-state index contributed by atoms with van der Waals surface area (Å²) in [4.78, 5) is 14.1. The van der Waals surface area contributed by atoms with Crippen LogP contribution in [-0.4, -0.2) is 29.9 Å². The molecule has 0 aliphatic carbocycles. The lowest BCUT2D eigenvalue weighted by Crippen LogP contribution is -2.38. The second-order valence-corrected chi connectivity index (χ2v) is 5.44. The first-order valence-electron chi connectivity index (χ1n) is 7.48. The van der Waals surface area contributed by atoms with E-state index >= 15 is 0 Å². The zero-order chi connectivity index (χ0) is 14.4. The van der Waals surface area contributed by atoms with Gasteiger partial charge in [0.15, 0.2) is 0 Å². The maximum absolute atomic E-state index is 12.1. The molecule has 1 aliphatic heterocycles. The molecule has 2 rings (SSSR count). The zero-order valence-electron chi connectivity index (χ0n) is 12.2. The topological polar surface area (TPSA) is 46.3 Å². The molecule has 0 radical (unpaired) electrons. The first-order valence-corrected chi connectivity index (χ1v) is 7.48. The molecule has 1 aromatic rings. The predicted octanol–water partition coefficient (Wildman–Crippen LogP) is 2.82. The van der Waals surface area contributed by atoms with Gasteiger partial charge in [-0.2, -0.15) is 0 Å². The molecule has 0 bridgehead atoms. The number of rotatable bonds is 5. The summed E-state index contributed by atoms with van der Waals surface area (Å²) in [5.74, 6) is 0.189. The number of nitrogens with zero attached hydrogens (tertiary/aromatic N) is 1. The Balaban J connectivity index is 1.90. The Kier molecular flexibility index (Phi) is 5.36. The van der Waals surface area contributed by atoms with Crippen molar-refractivity contribution >= 4 is 11.5 Å². The molecule has 1 unspecified atom stereocenters. The number of amides is 1. The van der Waals surface area contributed by atoms with Crippen LogP contribution in [0.2, 0.25) is 0 Å². The van der Waals surface area contributed by atoms with Crippen molar-refractivity contribution in [2.24, 2.45) is 5.73 Å². The minimum absolute atomic E-state index is 0.00648. The van der Waals surface area contributed by atoms with Crippen molar-refractivity contribution < 1.29 is 4.79 Å². The molecule has 1 amide bonds. The third-order valence-corrected chi connectivity index (χ3v) is 3.80. The number of benzene rings is 1. The van der Waals surface area contributed by atoms with Gasteiger partial charge in [-0.1, -0.05) is 49.8 Å². The summed E-state index contributed by atoms with van der Waals surface area (Å²) < 4.78 is 0. The monoisotopic (exact) mass is 272 g/mol. The van der Waals surface area contributed by atoms with Crippen molar-refractivity contribution in [2.45, 2.75) is 38.6 Å². The molecule has 3 nitrogen and oxygen atoms in total. The highest BCUT2D eigenvalue weighted by Gasteiger charge is 2.19. The molecular formula is C17H24N2O. The molecule has 3 heteroatoms. The summed E-state index contributed by atoms with van der Waals surface area (Å²) in [5, 5.41) is 0. The van der Waals surface area contributed by atoms with E-state index < -0.39 is 0 Å².